The first-order chi connectivity index (χ1) is 29.7. The van der Waals surface area contributed by atoms with Crippen LogP contribution in [0, 0.1) is 0 Å². The van der Waals surface area contributed by atoms with Crippen molar-refractivity contribution in [3.05, 3.63) is 200 Å². The van der Waals surface area contributed by atoms with Crippen molar-refractivity contribution in [2.24, 2.45) is 0 Å². The molecule has 1 aliphatic heterocycles. The molecule has 276 valence electrons. The molecule has 0 bridgehead atoms. The molecular formula is C54H33B3O3. The summed E-state index contributed by atoms with van der Waals surface area (Å²) in [4.78, 5) is 0. The van der Waals surface area contributed by atoms with E-state index in [0.717, 1.165) is 48.7 Å². The topological polar surface area (TPSA) is 27.7 Å². The van der Waals surface area contributed by atoms with Gasteiger partial charge in [-0.3, -0.25) is 0 Å². The first kappa shape index (κ1) is 34.0. The Balaban J connectivity index is 0.999. The maximum Gasteiger partial charge on any atom is 0.467 e. The van der Waals surface area contributed by atoms with Crippen LogP contribution < -0.4 is 16.4 Å². The summed E-state index contributed by atoms with van der Waals surface area (Å²) in [6, 6.07) is 72.2. The summed E-state index contributed by atoms with van der Waals surface area (Å²) < 4.78 is 21.2. The lowest BCUT2D eigenvalue weighted by atomic mass is 9.60. The van der Waals surface area contributed by atoms with Crippen LogP contribution >= 0.6 is 0 Å². The zero-order valence-corrected chi connectivity index (χ0v) is 32.5. The van der Waals surface area contributed by atoms with Crippen molar-refractivity contribution >= 4 is 135 Å². The zero-order valence-electron chi connectivity index (χ0n) is 32.5. The fourth-order valence-electron chi connectivity index (χ4n) is 9.90. The van der Waals surface area contributed by atoms with Crippen LogP contribution in [-0.2, 0) is 13.7 Å². The second-order valence-corrected chi connectivity index (χ2v) is 16.2. The van der Waals surface area contributed by atoms with Gasteiger partial charge >= 0.3 is 21.4 Å². The van der Waals surface area contributed by atoms with Gasteiger partial charge in [0.05, 0.1) is 0 Å². The number of hydrogen-bond acceptors (Lipinski definition) is 3. The molecule has 0 radical (unpaired) electrons. The first-order valence-corrected chi connectivity index (χ1v) is 20.7. The second kappa shape index (κ2) is 13.3. The molecule has 1 aliphatic rings. The van der Waals surface area contributed by atoms with E-state index < -0.39 is 21.4 Å². The molecule has 0 aliphatic carbocycles. The molecule has 0 N–H and O–H groups in total. The van der Waals surface area contributed by atoms with Crippen LogP contribution in [0.2, 0.25) is 0 Å². The van der Waals surface area contributed by atoms with E-state index in [4.69, 9.17) is 13.7 Å². The molecule has 0 amide bonds. The minimum absolute atomic E-state index is 0.727. The third-order valence-electron chi connectivity index (χ3n) is 12.8. The molecule has 0 unspecified atom stereocenters. The maximum atomic E-state index is 7.08. The van der Waals surface area contributed by atoms with E-state index in [1.54, 1.807) is 0 Å². The SMILES string of the molecule is c1cc(B2OB(c3cccc4cc5c(ccc6ccccc65)cc34)OB(c3cccc4cc5c(ccc6ccccc65)cc34)O2)c2cc3ccc4ccccc4c3cc2c1. The zero-order chi connectivity index (χ0) is 39.3. The van der Waals surface area contributed by atoms with Crippen molar-refractivity contribution in [1.82, 2.24) is 0 Å². The molecular weight excluding hydrogens is 729 g/mol. The highest BCUT2D eigenvalue weighted by Gasteiger charge is 2.45. The van der Waals surface area contributed by atoms with Gasteiger partial charge in [-0.15, -0.1) is 0 Å². The van der Waals surface area contributed by atoms with Crippen LogP contribution in [0.15, 0.2) is 200 Å². The number of fused-ring (bicyclic) bond motifs is 12. The van der Waals surface area contributed by atoms with Crippen molar-refractivity contribution in [3.8, 4) is 0 Å². The lowest BCUT2D eigenvalue weighted by molar-refractivity contribution is 0.309. The van der Waals surface area contributed by atoms with Crippen molar-refractivity contribution in [2.45, 2.75) is 0 Å². The lowest BCUT2D eigenvalue weighted by Crippen LogP contribution is -2.61. The number of rotatable bonds is 3. The van der Waals surface area contributed by atoms with E-state index in [1.165, 1.54) is 64.6 Å². The van der Waals surface area contributed by atoms with Gasteiger partial charge in [-0.05, 0) is 150 Å². The monoisotopic (exact) mass is 762 g/mol. The van der Waals surface area contributed by atoms with Crippen LogP contribution in [0.4, 0.5) is 0 Å². The van der Waals surface area contributed by atoms with Crippen LogP contribution in [0.1, 0.15) is 0 Å². The number of hydrogen-bond donors (Lipinski definition) is 0. The van der Waals surface area contributed by atoms with Crippen LogP contribution in [-0.4, -0.2) is 21.4 Å². The molecule has 0 aromatic heterocycles. The van der Waals surface area contributed by atoms with E-state index in [-0.39, 0.29) is 0 Å². The number of benzene rings is 12. The Hall–Kier alpha value is -6.95. The Bertz CT molecular complexity index is 3360. The lowest BCUT2D eigenvalue weighted by Gasteiger charge is -2.33. The summed E-state index contributed by atoms with van der Waals surface area (Å²) in [5.41, 5.74) is 2.90. The van der Waals surface area contributed by atoms with E-state index in [0.29, 0.717) is 0 Å². The minimum atomic E-state index is -0.727. The first-order valence-electron chi connectivity index (χ1n) is 20.7. The summed E-state index contributed by atoms with van der Waals surface area (Å²) >= 11 is 0. The fraction of sp³-hybridized carbons (Fsp3) is 0. The van der Waals surface area contributed by atoms with Gasteiger partial charge in [0.1, 0.15) is 0 Å². The largest absolute Gasteiger partial charge is 0.467 e. The predicted octanol–water partition coefficient (Wildman–Crippen LogP) is 11.6. The van der Waals surface area contributed by atoms with E-state index in [2.05, 4.69) is 200 Å². The van der Waals surface area contributed by atoms with Crippen molar-refractivity contribution in [2.75, 3.05) is 0 Å². The molecule has 0 spiro atoms. The second-order valence-electron chi connectivity index (χ2n) is 16.2. The van der Waals surface area contributed by atoms with Crippen molar-refractivity contribution in [1.29, 1.82) is 0 Å². The van der Waals surface area contributed by atoms with Gasteiger partial charge in [0.25, 0.3) is 0 Å². The summed E-state index contributed by atoms with van der Waals surface area (Å²) in [5.74, 6) is 0. The van der Waals surface area contributed by atoms with Gasteiger partial charge in [-0.25, -0.2) is 0 Å². The highest BCUT2D eigenvalue weighted by molar-refractivity contribution is 6.89. The van der Waals surface area contributed by atoms with Gasteiger partial charge in [-0.1, -0.05) is 164 Å². The molecule has 6 heteroatoms. The molecule has 3 nitrogen and oxygen atoms in total. The Morgan fingerprint density at radius 2 is 0.450 bits per heavy atom. The highest BCUT2D eigenvalue weighted by Crippen LogP contribution is 2.33. The third kappa shape index (κ3) is 5.32. The van der Waals surface area contributed by atoms with Gasteiger partial charge in [0.15, 0.2) is 0 Å². The highest BCUT2D eigenvalue weighted by atomic mass is 16.7. The Morgan fingerprint density at radius 3 is 0.783 bits per heavy atom. The van der Waals surface area contributed by atoms with Gasteiger partial charge in [0.2, 0.25) is 0 Å². The normalized spacial score (nSPS) is 13.7. The molecule has 12 aromatic carbocycles. The van der Waals surface area contributed by atoms with Crippen molar-refractivity contribution in [3.63, 3.8) is 0 Å². The van der Waals surface area contributed by atoms with E-state index in [9.17, 15) is 0 Å². The van der Waals surface area contributed by atoms with Crippen LogP contribution in [0.25, 0.3) is 97.0 Å². The maximum absolute atomic E-state index is 7.08. The van der Waals surface area contributed by atoms with Gasteiger partial charge in [-0.2, -0.15) is 0 Å². The average Bonchev–Trinajstić information content (AvgIpc) is 3.31. The molecule has 1 saturated heterocycles. The fourth-order valence-corrected chi connectivity index (χ4v) is 9.90. The minimum Gasteiger partial charge on any atom is -0.445 e. The average molecular weight is 762 g/mol. The standard InChI is InChI=1S/C54H33B3O3/c1-4-16-43-34(10-1)22-25-40-31-49-37(28-46(40)43)13-7-19-52(49)55-58-56(53-20-8-14-38-29-47-41(32-50(38)53)26-23-35-11-2-5-17-44(35)47)60-57(59-55)54-21-9-15-39-30-48-42(33-51(39)54)27-24-36-12-3-6-18-45(36)48/h1-33H. The summed E-state index contributed by atoms with van der Waals surface area (Å²) in [6.07, 6.45) is 0. The molecule has 12 aromatic rings. The molecule has 1 heterocycles. The Morgan fingerprint density at radius 1 is 0.200 bits per heavy atom. The summed E-state index contributed by atoms with van der Waals surface area (Å²) in [7, 11) is -2.18. The molecule has 0 saturated carbocycles. The molecule has 0 atom stereocenters. The van der Waals surface area contributed by atoms with E-state index in [1.807, 2.05) is 0 Å². The molecule has 13 rings (SSSR count). The van der Waals surface area contributed by atoms with Crippen LogP contribution in [0.3, 0.4) is 0 Å². The van der Waals surface area contributed by atoms with Crippen molar-refractivity contribution < 1.29 is 13.7 Å². The predicted molar refractivity (Wildman–Crippen MR) is 256 cm³/mol. The summed E-state index contributed by atoms with van der Waals surface area (Å²) in [6.45, 7) is 0. The quantitative estimate of drug-likeness (QED) is 0.102. The smallest absolute Gasteiger partial charge is 0.445 e. The van der Waals surface area contributed by atoms with Crippen LogP contribution in [0.5, 0.6) is 0 Å². The molecule has 60 heavy (non-hydrogen) atoms. The third-order valence-corrected chi connectivity index (χ3v) is 12.8. The Labute approximate surface area is 347 Å². The van der Waals surface area contributed by atoms with Gasteiger partial charge in [0, 0.05) is 0 Å². The van der Waals surface area contributed by atoms with Gasteiger partial charge < -0.3 is 13.7 Å². The Kier molecular flexibility index (Phi) is 7.52. The molecule has 1 fully saturated rings. The van der Waals surface area contributed by atoms with E-state index >= 15 is 0 Å². The summed E-state index contributed by atoms with van der Waals surface area (Å²) in [5, 5.41) is 21.3.